The lowest BCUT2D eigenvalue weighted by molar-refractivity contribution is 0.669. The van der Waals surface area contributed by atoms with Gasteiger partial charge in [-0.3, -0.25) is 0 Å². The zero-order valence-corrected chi connectivity index (χ0v) is 29.6. The van der Waals surface area contributed by atoms with Crippen LogP contribution < -0.4 is 0 Å². The van der Waals surface area contributed by atoms with Gasteiger partial charge in [-0.2, -0.15) is 0 Å². The van der Waals surface area contributed by atoms with Gasteiger partial charge in [0.2, 0.25) is 0 Å². The van der Waals surface area contributed by atoms with Crippen molar-refractivity contribution >= 4 is 54.3 Å². The van der Waals surface area contributed by atoms with E-state index >= 15 is 0 Å². The maximum absolute atomic E-state index is 6.47. The lowest BCUT2D eigenvalue weighted by Crippen LogP contribution is -2.00. The number of aromatic nitrogens is 3. The van der Waals surface area contributed by atoms with Crippen LogP contribution in [0.5, 0.6) is 0 Å². The summed E-state index contributed by atoms with van der Waals surface area (Å²) in [6.07, 6.45) is 0. The van der Waals surface area contributed by atoms with Crippen LogP contribution >= 0.6 is 0 Å². The molecule has 4 heteroatoms. The van der Waals surface area contributed by atoms with Crippen LogP contribution in [-0.4, -0.2) is 15.0 Å². The van der Waals surface area contributed by atoms with Gasteiger partial charge in [0, 0.05) is 27.5 Å². The van der Waals surface area contributed by atoms with E-state index in [4.69, 9.17) is 19.4 Å². The molecule has 0 amide bonds. The number of fused-ring (bicyclic) bond motifs is 6. The molecular weight excluding hydrogens is 671 g/mol. The Kier molecular flexibility index (Phi) is 7.14. The molecule has 4 nitrogen and oxygen atoms in total. The van der Waals surface area contributed by atoms with E-state index in [1.54, 1.807) is 0 Å². The minimum atomic E-state index is 0.590. The first-order valence-electron chi connectivity index (χ1n) is 18.5. The lowest BCUT2D eigenvalue weighted by Gasteiger charge is -2.10. The zero-order chi connectivity index (χ0) is 36.3. The van der Waals surface area contributed by atoms with Crippen LogP contribution in [-0.2, 0) is 0 Å². The van der Waals surface area contributed by atoms with Crippen LogP contribution in [0.15, 0.2) is 192 Å². The Bertz CT molecular complexity index is 3270. The van der Waals surface area contributed by atoms with Crippen molar-refractivity contribution in [2.24, 2.45) is 0 Å². The molecule has 0 aliphatic heterocycles. The van der Waals surface area contributed by atoms with Gasteiger partial charge in [0.15, 0.2) is 17.5 Å². The maximum atomic E-state index is 6.47. The second-order valence-electron chi connectivity index (χ2n) is 14.1. The topological polar surface area (TPSA) is 51.8 Å². The second kappa shape index (κ2) is 12.6. The molecule has 11 rings (SSSR count). The van der Waals surface area contributed by atoms with Gasteiger partial charge >= 0.3 is 0 Å². The standard InChI is InChI=1S/C51H31N3O/c1-2-8-32(9-3-1)37-17-18-40-29-43(21-19-38(40)27-37)50-52-49(42-20-15-34-11-5-7-13-36(34)28-42)53-51(54-50)44-22-24-45-46-30-41(23-25-47(46)55-48(45)31-44)39-16-14-33-10-4-6-12-35(33)26-39/h1-31H. The Morgan fingerprint density at radius 2 is 0.673 bits per heavy atom. The van der Waals surface area contributed by atoms with Gasteiger partial charge in [0.05, 0.1) is 0 Å². The third kappa shape index (κ3) is 5.60. The fourth-order valence-electron chi connectivity index (χ4n) is 7.75. The van der Waals surface area contributed by atoms with Crippen LogP contribution in [0.3, 0.4) is 0 Å². The molecular formula is C51H31N3O. The molecule has 0 bridgehead atoms. The normalized spacial score (nSPS) is 11.6. The van der Waals surface area contributed by atoms with Crippen LogP contribution in [0.1, 0.15) is 0 Å². The molecule has 0 unspecified atom stereocenters. The second-order valence-corrected chi connectivity index (χ2v) is 14.1. The predicted molar refractivity (Wildman–Crippen MR) is 227 cm³/mol. The molecule has 0 atom stereocenters. The Morgan fingerprint density at radius 1 is 0.255 bits per heavy atom. The van der Waals surface area contributed by atoms with E-state index < -0.39 is 0 Å². The van der Waals surface area contributed by atoms with E-state index in [1.807, 2.05) is 6.07 Å². The molecule has 0 aliphatic rings. The van der Waals surface area contributed by atoms with Crippen molar-refractivity contribution in [1.29, 1.82) is 0 Å². The third-order valence-electron chi connectivity index (χ3n) is 10.7. The van der Waals surface area contributed by atoms with Gasteiger partial charge < -0.3 is 4.42 Å². The molecule has 0 radical (unpaired) electrons. The molecule has 0 saturated heterocycles. The summed E-state index contributed by atoms with van der Waals surface area (Å²) in [6, 6.07) is 66.0. The summed E-state index contributed by atoms with van der Waals surface area (Å²) in [5.74, 6) is 1.83. The Morgan fingerprint density at radius 3 is 1.29 bits per heavy atom. The highest BCUT2D eigenvalue weighted by Gasteiger charge is 2.16. The third-order valence-corrected chi connectivity index (χ3v) is 10.7. The summed E-state index contributed by atoms with van der Waals surface area (Å²) >= 11 is 0. The molecule has 2 aromatic heterocycles. The van der Waals surface area contributed by atoms with Gasteiger partial charge in [-0.05, 0) is 103 Å². The number of hydrogen-bond acceptors (Lipinski definition) is 4. The highest BCUT2D eigenvalue weighted by molar-refractivity contribution is 6.07. The molecule has 11 aromatic rings. The monoisotopic (exact) mass is 701 g/mol. The average Bonchev–Trinajstić information content (AvgIpc) is 3.63. The minimum absolute atomic E-state index is 0.590. The fraction of sp³-hybridized carbons (Fsp3) is 0. The Balaban J connectivity index is 1.02. The van der Waals surface area contributed by atoms with Crippen LogP contribution in [0.2, 0.25) is 0 Å². The minimum Gasteiger partial charge on any atom is -0.456 e. The number of nitrogens with zero attached hydrogens (tertiary/aromatic N) is 3. The molecule has 0 spiro atoms. The van der Waals surface area contributed by atoms with Crippen molar-refractivity contribution < 1.29 is 4.42 Å². The molecule has 256 valence electrons. The van der Waals surface area contributed by atoms with Crippen molar-refractivity contribution in [3.8, 4) is 56.4 Å². The van der Waals surface area contributed by atoms with Crippen LogP contribution in [0, 0.1) is 0 Å². The largest absolute Gasteiger partial charge is 0.456 e. The summed E-state index contributed by atoms with van der Waals surface area (Å²) in [4.78, 5) is 15.3. The molecule has 55 heavy (non-hydrogen) atoms. The van der Waals surface area contributed by atoms with E-state index in [1.165, 1.54) is 32.8 Å². The maximum Gasteiger partial charge on any atom is 0.164 e. The summed E-state index contributed by atoms with van der Waals surface area (Å²) in [7, 11) is 0. The van der Waals surface area contributed by atoms with E-state index in [9.17, 15) is 0 Å². The van der Waals surface area contributed by atoms with E-state index in [0.717, 1.165) is 60.4 Å². The number of hydrogen-bond donors (Lipinski definition) is 0. The SMILES string of the molecule is c1ccc(-c2ccc3cc(-c4nc(-c5ccc6ccccc6c5)nc(-c5ccc6c(c5)oc5ccc(-c7ccc8ccccc8c7)cc56)n4)ccc3c2)cc1. The van der Waals surface area contributed by atoms with E-state index in [2.05, 4.69) is 182 Å². The zero-order valence-electron chi connectivity index (χ0n) is 29.6. The first kappa shape index (κ1) is 31.1. The summed E-state index contributed by atoms with van der Waals surface area (Å²) in [5.41, 5.74) is 9.07. The van der Waals surface area contributed by atoms with Gasteiger partial charge in [-0.15, -0.1) is 0 Å². The van der Waals surface area contributed by atoms with Gasteiger partial charge in [-0.1, -0.05) is 140 Å². The van der Waals surface area contributed by atoms with Crippen molar-refractivity contribution in [1.82, 2.24) is 15.0 Å². The highest BCUT2D eigenvalue weighted by atomic mass is 16.3. The average molecular weight is 702 g/mol. The number of benzene rings is 9. The molecule has 0 saturated carbocycles. The Hall–Kier alpha value is -7.43. The molecule has 2 heterocycles. The predicted octanol–water partition coefficient (Wildman–Crippen LogP) is 13.6. The highest BCUT2D eigenvalue weighted by Crippen LogP contribution is 2.36. The van der Waals surface area contributed by atoms with Crippen LogP contribution in [0.4, 0.5) is 0 Å². The first-order valence-corrected chi connectivity index (χ1v) is 18.5. The molecule has 0 N–H and O–H groups in total. The van der Waals surface area contributed by atoms with Crippen molar-refractivity contribution in [3.05, 3.63) is 188 Å². The van der Waals surface area contributed by atoms with Gasteiger partial charge in [0.25, 0.3) is 0 Å². The lowest BCUT2D eigenvalue weighted by atomic mass is 9.99. The molecule has 9 aromatic carbocycles. The van der Waals surface area contributed by atoms with E-state index in [0.29, 0.717) is 17.5 Å². The van der Waals surface area contributed by atoms with Crippen molar-refractivity contribution in [2.45, 2.75) is 0 Å². The van der Waals surface area contributed by atoms with Crippen molar-refractivity contribution in [3.63, 3.8) is 0 Å². The smallest absolute Gasteiger partial charge is 0.164 e. The summed E-state index contributed by atoms with van der Waals surface area (Å²) < 4.78 is 6.47. The number of rotatable bonds is 5. The van der Waals surface area contributed by atoms with Crippen LogP contribution in [0.25, 0.3) is 111 Å². The number of furan rings is 1. The van der Waals surface area contributed by atoms with Gasteiger partial charge in [-0.25, -0.2) is 15.0 Å². The van der Waals surface area contributed by atoms with Crippen molar-refractivity contribution in [2.75, 3.05) is 0 Å². The summed E-state index contributed by atoms with van der Waals surface area (Å²) in [6.45, 7) is 0. The van der Waals surface area contributed by atoms with E-state index in [-0.39, 0.29) is 0 Å². The fourth-order valence-corrected chi connectivity index (χ4v) is 7.75. The molecule has 0 aliphatic carbocycles. The molecule has 0 fully saturated rings. The summed E-state index contributed by atoms with van der Waals surface area (Å²) in [5, 5.41) is 9.17. The first-order chi connectivity index (χ1) is 27.2. The quantitative estimate of drug-likeness (QED) is 0.179. The van der Waals surface area contributed by atoms with Gasteiger partial charge in [0.1, 0.15) is 11.2 Å². The Labute approximate surface area is 317 Å².